The van der Waals surface area contributed by atoms with Crippen molar-refractivity contribution in [2.24, 2.45) is 0 Å². The minimum atomic E-state index is -4.77. The average molecular weight is 971 g/mol. The van der Waals surface area contributed by atoms with Crippen LogP contribution in [0, 0.1) is 0 Å². The minimum Gasteiger partial charge on any atom is -0.462 e. The number of esters is 3. The molecule has 68 heavy (non-hydrogen) atoms. The molecule has 0 aliphatic rings. The number of carbonyl (C=O) groups excluding carboxylic acids is 3. The maximum Gasteiger partial charge on any atom is 0.472 e. The monoisotopic (exact) mass is 971 g/mol. The van der Waals surface area contributed by atoms with E-state index in [4.69, 9.17) is 23.3 Å². The van der Waals surface area contributed by atoms with Gasteiger partial charge >= 0.3 is 25.7 Å². The Morgan fingerprint density at radius 3 is 1.24 bits per heavy atom. The van der Waals surface area contributed by atoms with Gasteiger partial charge in [-0.2, -0.15) is 0 Å². The van der Waals surface area contributed by atoms with Crippen molar-refractivity contribution < 1.29 is 52.2 Å². The number of allylic oxidation sites excluding steroid dienone is 18. The molecule has 0 aromatic carbocycles. The molecule has 3 unspecified atom stereocenters. The molecule has 0 fully saturated rings. The zero-order valence-corrected chi connectivity index (χ0v) is 43.2. The molecule has 0 aromatic heterocycles. The van der Waals surface area contributed by atoms with Crippen LogP contribution in [0.5, 0.6) is 0 Å². The fraction of sp³-hybridized carbons (Fsp3) is 0.625. The summed E-state index contributed by atoms with van der Waals surface area (Å²) in [5.41, 5.74) is 0. The first kappa shape index (κ1) is 64.1. The Morgan fingerprint density at radius 1 is 0.426 bits per heavy atom. The van der Waals surface area contributed by atoms with Gasteiger partial charge in [0.15, 0.2) is 6.10 Å². The largest absolute Gasteiger partial charge is 0.472 e. The Kier molecular flexibility index (Phi) is 46.7. The summed E-state index contributed by atoms with van der Waals surface area (Å²) in [6.45, 7) is 4.19. The zero-order chi connectivity index (χ0) is 49.9. The van der Waals surface area contributed by atoms with Crippen molar-refractivity contribution in [3.63, 3.8) is 0 Å². The SMILES string of the molecule is CC/C=C\C/C=C\C/C=C\C/C=C\CCC(=O)OCC(COP(=O)(O)OCC(CO)OC(=O)CCCCCCC/C=C\C/C=C\CCC)OC(=O)CCCCCCC/C=C\C/C=C\C/C=C\CC. The van der Waals surface area contributed by atoms with E-state index in [9.17, 15) is 28.9 Å². The van der Waals surface area contributed by atoms with Gasteiger partial charge in [-0.3, -0.25) is 23.4 Å². The zero-order valence-electron chi connectivity index (χ0n) is 42.3. The topological polar surface area (TPSA) is 155 Å². The molecule has 0 saturated heterocycles. The van der Waals surface area contributed by atoms with Crippen LogP contribution in [-0.4, -0.2) is 66.5 Å². The highest BCUT2D eigenvalue weighted by Gasteiger charge is 2.28. The van der Waals surface area contributed by atoms with Crippen molar-refractivity contribution in [3.8, 4) is 0 Å². The van der Waals surface area contributed by atoms with E-state index in [1.54, 1.807) is 0 Å². The third-order valence-corrected chi connectivity index (χ3v) is 11.1. The molecule has 0 amide bonds. The number of phosphoric ester groups is 1. The van der Waals surface area contributed by atoms with Crippen molar-refractivity contribution in [2.45, 2.75) is 200 Å². The van der Waals surface area contributed by atoms with Gasteiger partial charge in [-0.15, -0.1) is 0 Å². The van der Waals surface area contributed by atoms with E-state index >= 15 is 0 Å². The number of unbranched alkanes of at least 4 members (excludes halogenated alkanes) is 11. The molecule has 0 heterocycles. The summed E-state index contributed by atoms with van der Waals surface area (Å²) >= 11 is 0. The van der Waals surface area contributed by atoms with Crippen LogP contribution >= 0.6 is 7.82 Å². The summed E-state index contributed by atoms with van der Waals surface area (Å²) in [4.78, 5) is 48.3. The van der Waals surface area contributed by atoms with Crippen molar-refractivity contribution in [2.75, 3.05) is 26.4 Å². The van der Waals surface area contributed by atoms with Crippen molar-refractivity contribution in [3.05, 3.63) is 109 Å². The van der Waals surface area contributed by atoms with Gasteiger partial charge in [0, 0.05) is 19.3 Å². The lowest BCUT2D eigenvalue weighted by Crippen LogP contribution is -2.30. The van der Waals surface area contributed by atoms with Crippen molar-refractivity contribution >= 4 is 25.7 Å². The summed E-state index contributed by atoms with van der Waals surface area (Å²) in [7, 11) is -4.77. The minimum absolute atomic E-state index is 0.0951. The van der Waals surface area contributed by atoms with Gasteiger partial charge in [0.05, 0.1) is 19.8 Å². The van der Waals surface area contributed by atoms with Crippen LogP contribution in [0.25, 0.3) is 0 Å². The number of phosphoric acid groups is 1. The molecular weight excluding hydrogens is 880 g/mol. The lowest BCUT2D eigenvalue weighted by Gasteiger charge is -2.21. The van der Waals surface area contributed by atoms with E-state index in [-0.39, 0.29) is 25.9 Å². The number of ether oxygens (including phenoxy) is 3. The predicted molar refractivity (Wildman–Crippen MR) is 279 cm³/mol. The van der Waals surface area contributed by atoms with E-state index in [2.05, 4.69) is 118 Å². The first-order chi connectivity index (χ1) is 33.2. The molecule has 0 saturated carbocycles. The number of carbonyl (C=O) groups is 3. The quantitative estimate of drug-likeness (QED) is 0.0197. The first-order valence-corrected chi connectivity index (χ1v) is 27.3. The Hall–Kier alpha value is -3.86. The third kappa shape index (κ3) is 47.2. The Bertz CT molecular complexity index is 1550. The van der Waals surface area contributed by atoms with Crippen LogP contribution in [0.1, 0.15) is 188 Å². The molecule has 0 rings (SSSR count). The Morgan fingerprint density at radius 2 is 0.794 bits per heavy atom. The molecule has 11 nitrogen and oxygen atoms in total. The van der Waals surface area contributed by atoms with Gasteiger partial charge in [0.1, 0.15) is 12.7 Å². The van der Waals surface area contributed by atoms with Gasteiger partial charge in [-0.25, -0.2) is 4.57 Å². The number of aliphatic hydroxyl groups excluding tert-OH is 1. The lowest BCUT2D eigenvalue weighted by molar-refractivity contribution is -0.161. The number of aliphatic hydroxyl groups is 1. The number of rotatable bonds is 46. The van der Waals surface area contributed by atoms with Gasteiger partial charge < -0.3 is 24.2 Å². The molecule has 3 atom stereocenters. The molecule has 386 valence electrons. The van der Waals surface area contributed by atoms with Gasteiger partial charge in [0.2, 0.25) is 0 Å². The summed E-state index contributed by atoms with van der Waals surface area (Å²) < 4.78 is 39.2. The highest BCUT2D eigenvalue weighted by molar-refractivity contribution is 7.47. The van der Waals surface area contributed by atoms with Crippen LogP contribution in [0.15, 0.2) is 109 Å². The number of hydrogen-bond acceptors (Lipinski definition) is 10. The molecule has 12 heteroatoms. The summed E-state index contributed by atoms with van der Waals surface area (Å²) in [5.74, 6) is -1.61. The maximum atomic E-state index is 12.8. The second-order valence-corrected chi connectivity index (χ2v) is 18.0. The van der Waals surface area contributed by atoms with Gasteiger partial charge in [-0.1, -0.05) is 175 Å². The normalized spacial score (nSPS) is 14.4. The maximum absolute atomic E-state index is 12.8. The smallest absolute Gasteiger partial charge is 0.462 e. The highest BCUT2D eigenvalue weighted by atomic mass is 31.2. The molecule has 0 aliphatic heterocycles. The summed E-state index contributed by atoms with van der Waals surface area (Å²) in [6, 6.07) is 0. The van der Waals surface area contributed by atoms with Crippen LogP contribution in [0.2, 0.25) is 0 Å². The first-order valence-electron chi connectivity index (χ1n) is 25.8. The van der Waals surface area contributed by atoms with E-state index in [1.807, 2.05) is 12.2 Å². The molecule has 2 N–H and O–H groups in total. The standard InChI is InChI=1S/C56H91O11P/c1-4-7-10-13-16-19-22-25-26-29-32-35-38-41-44-47-56(60)67-53(49-63-54(58)45-42-39-36-33-30-27-23-20-17-14-11-8-5-2)51-65-68(61,62)64-50-52(48-57)66-55(59)46-43-40-37-34-31-28-24-21-18-15-12-9-6-3/h7-8,10-12,15-17,19-21,24-27,30,36,39,52-53,57H,4-6,9,13-14,18,22-23,28-29,31-35,37-38,40-51H2,1-3H3,(H,61,62)/b10-7-,11-8-,15-12-,19-16-,20-17-,24-21-,26-25-,30-27-,39-36-. The molecular formula is C56H91O11P. The summed E-state index contributed by atoms with van der Waals surface area (Å²) in [5, 5.41) is 9.77. The molecule has 0 aromatic rings. The molecule has 0 spiro atoms. The van der Waals surface area contributed by atoms with E-state index in [0.717, 1.165) is 128 Å². The van der Waals surface area contributed by atoms with E-state index in [0.29, 0.717) is 19.3 Å². The predicted octanol–water partition coefficient (Wildman–Crippen LogP) is 14.7. The molecule has 0 radical (unpaired) electrons. The third-order valence-electron chi connectivity index (χ3n) is 10.2. The van der Waals surface area contributed by atoms with Crippen molar-refractivity contribution in [1.82, 2.24) is 0 Å². The fourth-order valence-corrected chi connectivity index (χ4v) is 7.09. The fourth-order valence-electron chi connectivity index (χ4n) is 6.30. The van der Waals surface area contributed by atoms with Crippen LogP contribution in [0.3, 0.4) is 0 Å². The van der Waals surface area contributed by atoms with E-state index in [1.165, 1.54) is 0 Å². The van der Waals surface area contributed by atoms with Crippen LogP contribution in [0.4, 0.5) is 0 Å². The van der Waals surface area contributed by atoms with Crippen LogP contribution in [-0.2, 0) is 42.2 Å². The van der Waals surface area contributed by atoms with E-state index < -0.39 is 57.8 Å². The van der Waals surface area contributed by atoms with Gasteiger partial charge in [-0.05, 0) is 103 Å². The second-order valence-electron chi connectivity index (χ2n) is 16.6. The average Bonchev–Trinajstić information content (AvgIpc) is 3.32. The summed E-state index contributed by atoms with van der Waals surface area (Å²) in [6.07, 6.45) is 57.9. The van der Waals surface area contributed by atoms with Gasteiger partial charge in [0.25, 0.3) is 0 Å². The second kappa shape index (κ2) is 49.6. The Labute approximate surface area is 412 Å². The Balaban J connectivity index is 4.87. The van der Waals surface area contributed by atoms with Crippen molar-refractivity contribution in [1.29, 1.82) is 0 Å². The number of hydrogen-bond donors (Lipinski definition) is 2. The van der Waals surface area contributed by atoms with Crippen LogP contribution < -0.4 is 0 Å². The molecule has 0 bridgehead atoms. The molecule has 0 aliphatic carbocycles. The highest BCUT2D eigenvalue weighted by Crippen LogP contribution is 2.43. The lowest BCUT2D eigenvalue weighted by atomic mass is 10.1.